The molecule has 2 atom stereocenters. The summed E-state index contributed by atoms with van der Waals surface area (Å²) in [6, 6.07) is 7.60. The van der Waals surface area contributed by atoms with E-state index in [0.29, 0.717) is 19.4 Å². The molecule has 1 aliphatic rings. The van der Waals surface area contributed by atoms with E-state index in [9.17, 15) is 32.8 Å². The van der Waals surface area contributed by atoms with Crippen molar-refractivity contribution in [1.29, 1.82) is 0 Å². The van der Waals surface area contributed by atoms with Gasteiger partial charge in [0.25, 0.3) is 0 Å². The Kier molecular flexibility index (Phi) is 16.4. The van der Waals surface area contributed by atoms with Crippen LogP contribution in [0.15, 0.2) is 36.4 Å². The molecule has 1 heterocycles. The van der Waals surface area contributed by atoms with E-state index in [0.717, 1.165) is 5.56 Å². The van der Waals surface area contributed by atoms with Crippen LogP contribution in [0.1, 0.15) is 73.8 Å². The van der Waals surface area contributed by atoms with Gasteiger partial charge in [0.05, 0.1) is 30.1 Å². The molecule has 6 N–H and O–H groups in total. The Morgan fingerprint density at radius 3 is 2.12 bits per heavy atom. The fourth-order valence-corrected chi connectivity index (χ4v) is 4.14. The number of halogens is 2. The molecule has 49 heavy (non-hydrogen) atoms. The number of esters is 2. The predicted molar refractivity (Wildman–Crippen MR) is 180 cm³/mol. The van der Waals surface area contributed by atoms with Crippen molar-refractivity contribution in [3.63, 3.8) is 0 Å². The first-order valence-corrected chi connectivity index (χ1v) is 15.6. The second-order valence-corrected chi connectivity index (χ2v) is 12.8. The van der Waals surface area contributed by atoms with E-state index in [4.69, 9.17) is 20.3 Å². The van der Waals surface area contributed by atoms with E-state index in [1.54, 1.807) is 60.6 Å². The Bertz CT molecular complexity index is 1460. The number of amides is 2. The lowest BCUT2D eigenvalue weighted by Crippen LogP contribution is -2.47. The van der Waals surface area contributed by atoms with E-state index in [2.05, 4.69) is 20.7 Å². The molecule has 0 aromatic heterocycles. The van der Waals surface area contributed by atoms with Gasteiger partial charge in [-0.15, -0.1) is 0 Å². The van der Waals surface area contributed by atoms with Gasteiger partial charge in [-0.2, -0.15) is 0 Å². The number of carboxylic acids is 1. The molecule has 0 bridgehead atoms. The SMILES string of the molecule is CC(C)(C)OC(=O)C[C@H]1CCc2cccc(F)c2NC1=O.CC(C)(C)OC(=O)N[C@@H](CNc1cccc(F)c1N)C(=O)O.CCOC(C)=O. The lowest BCUT2D eigenvalue weighted by Gasteiger charge is -2.22. The molecular weight excluding hydrogens is 646 g/mol. The lowest BCUT2D eigenvalue weighted by atomic mass is 9.97. The number of nitrogens with two attached hydrogens (primary N) is 1. The van der Waals surface area contributed by atoms with Crippen LogP contribution in [-0.4, -0.2) is 65.4 Å². The fraction of sp³-hybridized carbons (Fsp3) is 0.500. The van der Waals surface area contributed by atoms with E-state index in [1.165, 1.54) is 31.2 Å². The number of benzene rings is 2. The molecule has 15 heteroatoms. The second kappa shape index (κ2) is 19.1. The van der Waals surface area contributed by atoms with Gasteiger partial charge in [-0.1, -0.05) is 18.2 Å². The number of rotatable bonds is 8. The summed E-state index contributed by atoms with van der Waals surface area (Å²) in [7, 11) is 0. The summed E-state index contributed by atoms with van der Waals surface area (Å²) in [6.07, 6.45) is 0.216. The maximum atomic E-state index is 13.7. The number of carbonyl (C=O) groups excluding carboxylic acids is 4. The van der Waals surface area contributed by atoms with E-state index >= 15 is 0 Å². The summed E-state index contributed by atoms with van der Waals surface area (Å²) in [5, 5.41) is 16.6. The van der Waals surface area contributed by atoms with Crippen LogP contribution >= 0.6 is 0 Å². The topological polar surface area (TPSA) is 195 Å². The summed E-state index contributed by atoms with van der Waals surface area (Å²) < 4.78 is 41.6. The first kappa shape index (κ1) is 42.1. The fourth-order valence-electron chi connectivity index (χ4n) is 4.14. The number of carbonyl (C=O) groups is 5. The van der Waals surface area contributed by atoms with Gasteiger partial charge in [0.15, 0.2) is 0 Å². The zero-order valence-corrected chi connectivity index (χ0v) is 29.2. The monoisotopic (exact) mass is 694 g/mol. The minimum absolute atomic E-state index is 0.0126. The molecule has 0 radical (unpaired) electrons. The van der Waals surface area contributed by atoms with Crippen LogP contribution in [0.3, 0.4) is 0 Å². The summed E-state index contributed by atoms with van der Waals surface area (Å²) in [5.41, 5.74) is 5.33. The van der Waals surface area contributed by atoms with Crippen LogP contribution in [-0.2, 0) is 39.8 Å². The molecule has 3 rings (SSSR count). The molecule has 0 fully saturated rings. The molecule has 272 valence electrons. The van der Waals surface area contributed by atoms with Gasteiger partial charge in [-0.05, 0) is 85.1 Å². The third-order valence-electron chi connectivity index (χ3n) is 6.20. The van der Waals surface area contributed by atoms with E-state index in [1.807, 2.05) is 0 Å². The summed E-state index contributed by atoms with van der Waals surface area (Å²) in [6.45, 7) is 13.8. The quantitative estimate of drug-likeness (QED) is 0.134. The average molecular weight is 695 g/mol. The van der Waals surface area contributed by atoms with Gasteiger partial charge in [-0.25, -0.2) is 18.4 Å². The van der Waals surface area contributed by atoms with Gasteiger partial charge in [0.1, 0.15) is 28.9 Å². The van der Waals surface area contributed by atoms with Crippen LogP contribution in [0.5, 0.6) is 0 Å². The number of fused-ring (bicyclic) bond motifs is 1. The Hall–Kier alpha value is -4.95. The van der Waals surface area contributed by atoms with Crippen molar-refractivity contribution in [2.24, 2.45) is 5.92 Å². The smallest absolute Gasteiger partial charge is 0.408 e. The first-order chi connectivity index (χ1) is 22.6. The number of nitrogen functional groups attached to an aromatic ring is 1. The molecule has 0 spiro atoms. The standard InChI is InChI=1S/C16H20FNO3.C14H20FN3O4.C4H8O2/c1-16(2,3)21-13(19)9-11-8-7-10-5-4-6-12(17)14(10)18-15(11)20;1-14(2,3)22-13(21)18-10(12(19)20)7-17-9-6-4-5-8(15)11(9)16;1-3-6-4(2)5/h4-6,11H,7-9H2,1-3H3,(H,18,20);4-6,10,17H,7,16H2,1-3H3,(H,18,21)(H,19,20);3H2,1-2H3/t11-;10-;/m10./s1. The molecule has 1 aliphatic heterocycles. The lowest BCUT2D eigenvalue weighted by molar-refractivity contribution is -0.157. The Labute approximate surface area is 285 Å². The molecule has 0 aliphatic carbocycles. The third kappa shape index (κ3) is 16.6. The number of para-hydroxylation sites is 2. The molecular formula is C34H48F2N4O9. The third-order valence-corrected chi connectivity index (χ3v) is 6.20. The van der Waals surface area contributed by atoms with E-state index in [-0.39, 0.29) is 41.9 Å². The van der Waals surface area contributed by atoms with Gasteiger partial charge < -0.3 is 41.0 Å². The number of nitrogens with one attached hydrogen (secondary N) is 3. The van der Waals surface area contributed by atoms with Gasteiger partial charge in [0, 0.05) is 19.4 Å². The summed E-state index contributed by atoms with van der Waals surface area (Å²) in [5.74, 6) is -3.76. The van der Waals surface area contributed by atoms with Crippen molar-refractivity contribution < 1.29 is 52.1 Å². The van der Waals surface area contributed by atoms with Crippen molar-refractivity contribution >= 4 is 47.0 Å². The van der Waals surface area contributed by atoms with Crippen LogP contribution in [0.4, 0.5) is 30.6 Å². The molecule has 13 nitrogen and oxygen atoms in total. The van der Waals surface area contributed by atoms with Gasteiger partial charge >= 0.3 is 24.0 Å². The Morgan fingerprint density at radius 1 is 1.00 bits per heavy atom. The van der Waals surface area contributed by atoms with E-state index < -0.39 is 52.8 Å². The minimum atomic E-state index is -1.26. The molecule has 2 aromatic rings. The first-order valence-electron chi connectivity index (χ1n) is 15.6. The molecule has 2 aromatic carbocycles. The largest absolute Gasteiger partial charge is 0.480 e. The predicted octanol–water partition coefficient (Wildman–Crippen LogP) is 5.43. The number of carboxylic acid groups (broad SMARTS) is 1. The van der Waals surface area contributed by atoms with Crippen LogP contribution in [0.2, 0.25) is 0 Å². The van der Waals surface area contributed by atoms with Crippen molar-refractivity contribution in [2.45, 2.75) is 91.9 Å². The number of hydrogen-bond acceptors (Lipinski definition) is 10. The Balaban J connectivity index is 0.000000421. The van der Waals surface area contributed by atoms with Gasteiger partial charge in [0.2, 0.25) is 5.91 Å². The zero-order valence-electron chi connectivity index (χ0n) is 29.2. The normalized spacial score (nSPS) is 14.4. The summed E-state index contributed by atoms with van der Waals surface area (Å²) in [4.78, 5) is 56.6. The number of aliphatic carboxylic acids is 1. The maximum absolute atomic E-state index is 13.7. The van der Waals surface area contributed by atoms with Crippen LogP contribution in [0.25, 0.3) is 0 Å². The molecule has 2 amide bonds. The highest BCUT2D eigenvalue weighted by Gasteiger charge is 2.29. The van der Waals surface area contributed by atoms with Crippen molar-refractivity contribution in [1.82, 2.24) is 5.32 Å². The van der Waals surface area contributed by atoms with Gasteiger partial charge in [-0.3, -0.25) is 14.4 Å². The molecule has 0 saturated carbocycles. The highest BCUT2D eigenvalue weighted by atomic mass is 19.1. The minimum Gasteiger partial charge on any atom is -0.480 e. The second-order valence-electron chi connectivity index (χ2n) is 12.8. The number of ether oxygens (including phenoxy) is 3. The zero-order chi connectivity index (χ0) is 37.5. The molecule has 0 saturated heterocycles. The van der Waals surface area contributed by atoms with Crippen LogP contribution < -0.4 is 21.7 Å². The Morgan fingerprint density at radius 2 is 1.59 bits per heavy atom. The van der Waals surface area contributed by atoms with Crippen molar-refractivity contribution in [3.05, 3.63) is 53.6 Å². The van der Waals surface area contributed by atoms with Crippen molar-refractivity contribution in [3.8, 4) is 0 Å². The number of anilines is 3. The van der Waals surface area contributed by atoms with Crippen molar-refractivity contribution in [2.75, 3.05) is 29.5 Å². The number of aryl methyl sites for hydroxylation is 1. The highest BCUT2D eigenvalue weighted by Crippen LogP contribution is 2.29. The maximum Gasteiger partial charge on any atom is 0.408 e. The highest BCUT2D eigenvalue weighted by molar-refractivity contribution is 5.96. The summed E-state index contributed by atoms with van der Waals surface area (Å²) >= 11 is 0. The average Bonchev–Trinajstić information content (AvgIpc) is 3.10. The molecule has 0 unspecified atom stereocenters. The van der Waals surface area contributed by atoms with Crippen LogP contribution in [0, 0.1) is 17.6 Å². The number of hydrogen-bond donors (Lipinski definition) is 5. The number of alkyl carbamates (subject to hydrolysis) is 1.